The highest BCUT2D eigenvalue weighted by molar-refractivity contribution is 7.15. The Balaban J connectivity index is 2.07. The van der Waals surface area contributed by atoms with E-state index >= 15 is 0 Å². The molecule has 1 aliphatic rings. The molecule has 2 N–H and O–H groups in total. The second kappa shape index (κ2) is 5.12. The lowest BCUT2D eigenvalue weighted by molar-refractivity contribution is 0.372. The van der Waals surface area contributed by atoms with Crippen LogP contribution in [0.5, 0.6) is 0 Å². The van der Waals surface area contributed by atoms with Gasteiger partial charge in [0, 0.05) is 36.8 Å². The van der Waals surface area contributed by atoms with Gasteiger partial charge in [0.2, 0.25) is 0 Å². The van der Waals surface area contributed by atoms with Crippen molar-refractivity contribution in [1.29, 1.82) is 0 Å². The van der Waals surface area contributed by atoms with Crippen molar-refractivity contribution in [2.45, 2.75) is 25.4 Å². The minimum Gasteiger partial charge on any atom is -0.344 e. The molecule has 1 aliphatic heterocycles. The van der Waals surface area contributed by atoms with Crippen molar-refractivity contribution in [2.24, 2.45) is 5.73 Å². The molecule has 1 unspecified atom stereocenters. The smallest absolute Gasteiger partial charge is 0.185 e. The molecule has 0 saturated carbocycles. The Kier molecular flexibility index (Phi) is 3.78. The monoisotopic (exact) mass is 240 g/mol. The number of anilines is 1. The van der Waals surface area contributed by atoms with Gasteiger partial charge in [-0.3, -0.25) is 0 Å². The molecule has 0 spiro atoms. The van der Waals surface area contributed by atoms with Crippen LogP contribution in [-0.2, 0) is 6.54 Å². The molecule has 2 rings (SSSR count). The van der Waals surface area contributed by atoms with E-state index in [9.17, 15) is 0 Å². The molecule has 0 aromatic carbocycles. The Morgan fingerprint density at radius 2 is 2.44 bits per heavy atom. The minimum atomic E-state index is 0.601. The topological polar surface area (TPSA) is 45.4 Å². The van der Waals surface area contributed by atoms with Crippen molar-refractivity contribution in [1.82, 2.24) is 9.88 Å². The Morgan fingerprint density at radius 3 is 3.06 bits per heavy atom. The van der Waals surface area contributed by atoms with E-state index in [1.807, 2.05) is 6.20 Å². The van der Waals surface area contributed by atoms with Gasteiger partial charge in [0.05, 0.1) is 0 Å². The second-order valence-corrected chi connectivity index (χ2v) is 5.66. The molecule has 0 bridgehead atoms. The molecule has 0 amide bonds. The number of nitrogens with two attached hydrogens (primary N) is 1. The van der Waals surface area contributed by atoms with Gasteiger partial charge >= 0.3 is 0 Å². The first-order valence-electron chi connectivity index (χ1n) is 5.77. The van der Waals surface area contributed by atoms with Crippen LogP contribution in [0.1, 0.15) is 17.7 Å². The molecular weight excluding hydrogens is 220 g/mol. The summed E-state index contributed by atoms with van der Waals surface area (Å²) in [5, 5.41) is 1.14. The summed E-state index contributed by atoms with van der Waals surface area (Å²) in [6.07, 6.45) is 4.46. The van der Waals surface area contributed by atoms with Gasteiger partial charge in [-0.25, -0.2) is 4.98 Å². The SMILES string of the molecule is CN(C)CC1CCCN1c1ncc(CN)s1. The van der Waals surface area contributed by atoms with Gasteiger partial charge < -0.3 is 15.5 Å². The van der Waals surface area contributed by atoms with Gasteiger partial charge in [-0.05, 0) is 26.9 Å². The largest absolute Gasteiger partial charge is 0.344 e. The van der Waals surface area contributed by atoms with Crippen LogP contribution in [0, 0.1) is 0 Å². The summed E-state index contributed by atoms with van der Waals surface area (Å²) < 4.78 is 0. The van der Waals surface area contributed by atoms with Crippen LogP contribution in [-0.4, -0.2) is 43.1 Å². The van der Waals surface area contributed by atoms with Crippen molar-refractivity contribution < 1.29 is 0 Å². The predicted molar refractivity (Wildman–Crippen MR) is 68.9 cm³/mol. The molecule has 1 fully saturated rings. The van der Waals surface area contributed by atoms with Crippen LogP contribution in [0.2, 0.25) is 0 Å². The average molecular weight is 240 g/mol. The molecule has 0 radical (unpaired) electrons. The molecule has 1 aromatic rings. The molecule has 2 heterocycles. The fraction of sp³-hybridized carbons (Fsp3) is 0.727. The van der Waals surface area contributed by atoms with E-state index in [1.165, 1.54) is 17.7 Å². The van der Waals surface area contributed by atoms with E-state index in [0.29, 0.717) is 12.6 Å². The van der Waals surface area contributed by atoms with Crippen molar-refractivity contribution >= 4 is 16.5 Å². The Bertz CT molecular complexity index is 336. The highest BCUT2D eigenvalue weighted by Crippen LogP contribution is 2.29. The maximum atomic E-state index is 5.62. The molecule has 1 aromatic heterocycles. The van der Waals surface area contributed by atoms with Gasteiger partial charge in [-0.15, -0.1) is 11.3 Å². The standard InChI is InChI=1S/C11H20N4S/c1-14(2)8-9-4-3-5-15(9)11-13-7-10(6-12)16-11/h7,9H,3-6,8,12H2,1-2H3. The van der Waals surface area contributed by atoms with Crippen LogP contribution in [0.25, 0.3) is 0 Å². The van der Waals surface area contributed by atoms with E-state index < -0.39 is 0 Å². The maximum Gasteiger partial charge on any atom is 0.185 e. The number of thiazole rings is 1. The third-order valence-electron chi connectivity index (χ3n) is 2.94. The van der Waals surface area contributed by atoms with Crippen molar-refractivity contribution in [3.8, 4) is 0 Å². The first-order valence-corrected chi connectivity index (χ1v) is 6.58. The third-order valence-corrected chi connectivity index (χ3v) is 4.00. The lowest BCUT2D eigenvalue weighted by Gasteiger charge is -2.26. The van der Waals surface area contributed by atoms with Gasteiger partial charge in [-0.2, -0.15) is 0 Å². The molecule has 1 saturated heterocycles. The molecule has 4 nitrogen and oxygen atoms in total. The molecule has 1 atom stereocenters. The van der Waals surface area contributed by atoms with E-state index in [-0.39, 0.29) is 0 Å². The molecule has 5 heteroatoms. The Hall–Kier alpha value is -0.650. The van der Waals surface area contributed by atoms with Crippen molar-refractivity contribution in [3.05, 3.63) is 11.1 Å². The third kappa shape index (κ3) is 2.53. The van der Waals surface area contributed by atoms with Gasteiger partial charge in [0.25, 0.3) is 0 Å². The van der Waals surface area contributed by atoms with Crippen LogP contribution >= 0.6 is 11.3 Å². The highest BCUT2D eigenvalue weighted by atomic mass is 32.1. The quantitative estimate of drug-likeness (QED) is 0.857. The zero-order chi connectivity index (χ0) is 11.5. The van der Waals surface area contributed by atoms with Crippen molar-refractivity contribution in [3.63, 3.8) is 0 Å². The minimum absolute atomic E-state index is 0.601. The summed E-state index contributed by atoms with van der Waals surface area (Å²) in [5.74, 6) is 0. The first kappa shape index (κ1) is 11.8. The van der Waals surface area contributed by atoms with E-state index in [1.54, 1.807) is 11.3 Å². The molecular formula is C11H20N4S. The lowest BCUT2D eigenvalue weighted by atomic mass is 10.2. The van der Waals surface area contributed by atoms with E-state index in [2.05, 4.69) is 28.9 Å². The molecule has 90 valence electrons. The second-order valence-electron chi connectivity index (χ2n) is 4.56. The summed E-state index contributed by atoms with van der Waals surface area (Å²) in [6, 6.07) is 0.617. The van der Waals surface area contributed by atoms with Gasteiger partial charge in [0.15, 0.2) is 5.13 Å². The van der Waals surface area contributed by atoms with Gasteiger partial charge in [0.1, 0.15) is 0 Å². The van der Waals surface area contributed by atoms with Crippen LogP contribution in [0.3, 0.4) is 0 Å². The Morgan fingerprint density at radius 1 is 1.62 bits per heavy atom. The summed E-state index contributed by atoms with van der Waals surface area (Å²) in [6.45, 7) is 2.84. The van der Waals surface area contributed by atoms with E-state index in [4.69, 9.17) is 5.73 Å². The van der Waals surface area contributed by atoms with Crippen LogP contribution in [0.4, 0.5) is 5.13 Å². The number of nitrogens with zero attached hydrogens (tertiary/aromatic N) is 3. The summed E-state index contributed by atoms with van der Waals surface area (Å²) in [5.41, 5.74) is 5.62. The lowest BCUT2D eigenvalue weighted by Crippen LogP contribution is -2.37. The normalized spacial score (nSPS) is 21.0. The predicted octanol–water partition coefficient (Wildman–Crippen LogP) is 1.13. The fourth-order valence-corrected chi connectivity index (χ4v) is 3.11. The molecule has 16 heavy (non-hydrogen) atoms. The molecule has 0 aliphatic carbocycles. The van der Waals surface area contributed by atoms with Crippen molar-refractivity contribution in [2.75, 3.05) is 32.1 Å². The fourth-order valence-electron chi connectivity index (χ4n) is 2.22. The van der Waals surface area contributed by atoms with Gasteiger partial charge in [-0.1, -0.05) is 0 Å². The number of rotatable bonds is 4. The average Bonchev–Trinajstić information content (AvgIpc) is 2.84. The maximum absolute atomic E-state index is 5.62. The van der Waals surface area contributed by atoms with E-state index in [0.717, 1.165) is 18.2 Å². The summed E-state index contributed by atoms with van der Waals surface area (Å²) in [4.78, 5) is 10.3. The number of aromatic nitrogens is 1. The highest BCUT2D eigenvalue weighted by Gasteiger charge is 2.26. The first-order chi connectivity index (χ1) is 7.70. The zero-order valence-electron chi connectivity index (χ0n) is 10.0. The van der Waals surface area contributed by atoms with Crippen LogP contribution < -0.4 is 10.6 Å². The number of hydrogen-bond acceptors (Lipinski definition) is 5. The zero-order valence-corrected chi connectivity index (χ0v) is 10.8. The number of likely N-dealkylation sites (N-methyl/N-ethyl adjacent to an activating group) is 1. The summed E-state index contributed by atoms with van der Waals surface area (Å²) in [7, 11) is 4.26. The Labute approximate surface area is 101 Å². The summed E-state index contributed by atoms with van der Waals surface area (Å²) >= 11 is 1.73. The number of hydrogen-bond donors (Lipinski definition) is 1. The van der Waals surface area contributed by atoms with Crippen LogP contribution in [0.15, 0.2) is 6.20 Å².